The molecule has 0 unspecified atom stereocenters. The molecule has 5 heteroatoms. The van der Waals surface area contributed by atoms with Crippen LogP contribution in [0.1, 0.15) is 27.3 Å². The molecule has 0 aliphatic carbocycles. The maximum absolute atomic E-state index is 11.5. The molecule has 1 aromatic heterocycles. The van der Waals surface area contributed by atoms with Crippen LogP contribution in [-0.4, -0.2) is 17.9 Å². The van der Waals surface area contributed by atoms with E-state index in [4.69, 9.17) is 5.84 Å². The van der Waals surface area contributed by atoms with Gasteiger partial charge in [-0.2, -0.15) is 0 Å². The molecule has 0 fully saturated rings. The van der Waals surface area contributed by atoms with Gasteiger partial charge in [-0.15, -0.1) is 0 Å². The first-order valence-electron chi connectivity index (χ1n) is 6.76. The quantitative estimate of drug-likeness (QED) is 0.511. The first-order chi connectivity index (χ1) is 9.99. The number of nitrogens with one attached hydrogen (secondary N) is 1. The van der Waals surface area contributed by atoms with E-state index in [-0.39, 0.29) is 5.91 Å². The average Bonchev–Trinajstić information content (AvgIpc) is 2.45. The smallest absolute Gasteiger partial charge is 0.283 e. The third kappa shape index (κ3) is 3.79. The van der Waals surface area contributed by atoms with Gasteiger partial charge in [0.15, 0.2) is 0 Å². The molecule has 5 nitrogen and oxygen atoms in total. The van der Waals surface area contributed by atoms with E-state index in [2.05, 4.69) is 47.4 Å². The van der Waals surface area contributed by atoms with Crippen molar-refractivity contribution in [3.63, 3.8) is 0 Å². The van der Waals surface area contributed by atoms with E-state index >= 15 is 0 Å². The standard InChI is InChI=1S/C16H20N4O/c1-11-7-12(2)9-14(8-11)20(3)10-13-5-4-6-15(18-13)16(21)19-17/h4-9H,10,17H2,1-3H3,(H,19,21). The molecule has 2 aromatic rings. The minimum Gasteiger partial charge on any atom is -0.369 e. The number of nitrogens with zero attached hydrogens (tertiary/aromatic N) is 2. The summed E-state index contributed by atoms with van der Waals surface area (Å²) in [6.45, 7) is 4.78. The summed E-state index contributed by atoms with van der Waals surface area (Å²) in [6.07, 6.45) is 0. The van der Waals surface area contributed by atoms with Gasteiger partial charge in [0.25, 0.3) is 5.91 Å². The van der Waals surface area contributed by atoms with Crippen molar-refractivity contribution in [1.29, 1.82) is 0 Å². The largest absolute Gasteiger partial charge is 0.369 e. The van der Waals surface area contributed by atoms with E-state index < -0.39 is 0 Å². The molecule has 1 heterocycles. The Labute approximate surface area is 124 Å². The number of hydrogen-bond donors (Lipinski definition) is 2. The van der Waals surface area contributed by atoms with Crippen LogP contribution in [0.15, 0.2) is 36.4 Å². The fourth-order valence-electron chi connectivity index (χ4n) is 2.27. The lowest BCUT2D eigenvalue weighted by Gasteiger charge is -2.20. The molecule has 1 aromatic carbocycles. The summed E-state index contributed by atoms with van der Waals surface area (Å²) in [5, 5.41) is 0. The van der Waals surface area contributed by atoms with Crippen molar-refractivity contribution in [2.75, 3.05) is 11.9 Å². The summed E-state index contributed by atoms with van der Waals surface area (Å²) in [5.41, 5.74) is 6.81. The molecule has 1 amide bonds. The molecular formula is C16H20N4O. The van der Waals surface area contributed by atoms with Crippen LogP contribution in [-0.2, 0) is 6.54 Å². The Bertz CT molecular complexity index is 634. The van der Waals surface area contributed by atoms with Crippen LogP contribution in [0.4, 0.5) is 5.69 Å². The van der Waals surface area contributed by atoms with E-state index in [0.29, 0.717) is 12.2 Å². The molecule has 0 saturated heterocycles. The number of nitrogens with two attached hydrogens (primary N) is 1. The van der Waals surface area contributed by atoms with E-state index in [1.54, 1.807) is 6.07 Å². The molecule has 0 atom stereocenters. The number of amides is 1. The molecule has 0 bridgehead atoms. The van der Waals surface area contributed by atoms with Gasteiger partial charge in [0.1, 0.15) is 5.69 Å². The maximum Gasteiger partial charge on any atom is 0.283 e. The number of hydrogen-bond acceptors (Lipinski definition) is 4. The Morgan fingerprint density at radius 1 is 1.24 bits per heavy atom. The Hall–Kier alpha value is -2.40. The van der Waals surface area contributed by atoms with Gasteiger partial charge in [0.05, 0.1) is 12.2 Å². The zero-order chi connectivity index (χ0) is 15.4. The van der Waals surface area contributed by atoms with Gasteiger partial charge in [0.2, 0.25) is 0 Å². The van der Waals surface area contributed by atoms with Crippen molar-refractivity contribution in [3.05, 3.63) is 58.9 Å². The highest BCUT2D eigenvalue weighted by atomic mass is 16.2. The molecular weight excluding hydrogens is 264 g/mol. The summed E-state index contributed by atoms with van der Waals surface area (Å²) in [6, 6.07) is 11.7. The highest BCUT2D eigenvalue weighted by Gasteiger charge is 2.08. The van der Waals surface area contributed by atoms with E-state index in [0.717, 1.165) is 11.4 Å². The number of rotatable bonds is 4. The van der Waals surface area contributed by atoms with Gasteiger partial charge in [0, 0.05) is 12.7 Å². The second-order valence-electron chi connectivity index (χ2n) is 5.19. The van der Waals surface area contributed by atoms with Gasteiger partial charge in [-0.25, -0.2) is 10.8 Å². The average molecular weight is 284 g/mol. The number of aromatic nitrogens is 1. The Morgan fingerprint density at radius 2 is 1.90 bits per heavy atom. The maximum atomic E-state index is 11.5. The monoisotopic (exact) mass is 284 g/mol. The first kappa shape index (κ1) is 15.0. The number of carbonyl (C=O) groups is 1. The summed E-state index contributed by atoms with van der Waals surface area (Å²) < 4.78 is 0. The Morgan fingerprint density at radius 3 is 2.52 bits per heavy atom. The van der Waals surface area contributed by atoms with Gasteiger partial charge in [-0.3, -0.25) is 10.2 Å². The Balaban J connectivity index is 2.19. The lowest BCUT2D eigenvalue weighted by atomic mass is 10.1. The van der Waals surface area contributed by atoms with E-state index in [1.165, 1.54) is 11.1 Å². The predicted molar refractivity (Wildman–Crippen MR) is 83.9 cm³/mol. The summed E-state index contributed by atoms with van der Waals surface area (Å²) in [7, 11) is 2.01. The summed E-state index contributed by atoms with van der Waals surface area (Å²) >= 11 is 0. The summed E-state index contributed by atoms with van der Waals surface area (Å²) in [5.74, 6) is 4.75. The number of benzene rings is 1. The number of anilines is 1. The van der Waals surface area contributed by atoms with Crippen LogP contribution in [0.2, 0.25) is 0 Å². The van der Waals surface area contributed by atoms with Crippen LogP contribution in [0.25, 0.3) is 0 Å². The van der Waals surface area contributed by atoms with Gasteiger partial charge in [-0.1, -0.05) is 12.1 Å². The fourth-order valence-corrected chi connectivity index (χ4v) is 2.27. The van der Waals surface area contributed by atoms with Crippen molar-refractivity contribution >= 4 is 11.6 Å². The Kier molecular flexibility index (Phi) is 4.55. The number of aryl methyl sites for hydroxylation is 2. The van der Waals surface area contributed by atoms with Gasteiger partial charge < -0.3 is 4.90 Å². The molecule has 3 N–H and O–H groups in total. The highest BCUT2D eigenvalue weighted by molar-refractivity contribution is 5.91. The van der Waals surface area contributed by atoms with Crippen molar-refractivity contribution in [1.82, 2.24) is 10.4 Å². The lowest BCUT2D eigenvalue weighted by molar-refractivity contribution is 0.0948. The third-order valence-electron chi connectivity index (χ3n) is 3.22. The van der Waals surface area contributed by atoms with E-state index in [9.17, 15) is 4.79 Å². The second-order valence-corrected chi connectivity index (χ2v) is 5.19. The second kappa shape index (κ2) is 6.37. The number of nitrogen functional groups attached to an aromatic ring is 1. The predicted octanol–water partition coefficient (Wildman–Crippen LogP) is 1.94. The minimum atomic E-state index is -0.383. The fraction of sp³-hybridized carbons (Fsp3) is 0.250. The first-order valence-corrected chi connectivity index (χ1v) is 6.76. The third-order valence-corrected chi connectivity index (χ3v) is 3.22. The molecule has 0 aliphatic heterocycles. The topological polar surface area (TPSA) is 71.2 Å². The van der Waals surface area contributed by atoms with Crippen LogP contribution in [0.3, 0.4) is 0 Å². The van der Waals surface area contributed by atoms with Crippen LogP contribution in [0.5, 0.6) is 0 Å². The molecule has 0 aliphatic rings. The van der Waals surface area contributed by atoms with Crippen molar-refractivity contribution < 1.29 is 4.79 Å². The number of pyridine rings is 1. The van der Waals surface area contributed by atoms with Crippen molar-refractivity contribution in [2.24, 2.45) is 5.84 Å². The zero-order valence-electron chi connectivity index (χ0n) is 12.6. The van der Waals surface area contributed by atoms with Crippen molar-refractivity contribution in [3.8, 4) is 0 Å². The van der Waals surface area contributed by atoms with Gasteiger partial charge in [-0.05, 0) is 49.2 Å². The van der Waals surface area contributed by atoms with Crippen LogP contribution in [0, 0.1) is 13.8 Å². The number of hydrazine groups is 1. The normalized spacial score (nSPS) is 10.3. The molecule has 2 rings (SSSR count). The lowest BCUT2D eigenvalue weighted by Crippen LogP contribution is -2.31. The number of carbonyl (C=O) groups excluding carboxylic acids is 1. The molecule has 0 saturated carbocycles. The molecule has 0 radical (unpaired) electrons. The summed E-state index contributed by atoms with van der Waals surface area (Å²) in [4.78, 5) is 17.9. The minimum absolute atomic E-state index is 0.323. The molecule has 21 heavy (non-hydrogen) atoms. The van der Waals surface area contributed by atoms with Crippen LogP contribution >= 0.6 is 0 Å². The zero-order valence-corrected chi connectivity index (χ0v) is 12.6. The molecule has 110 valence electrons. The van der Waals surface area contributed by atoms with Crippen LogP contribution < -0.4 is 16.2 Å². The van der Waals surface area contributed by atoms with Crippen molar-refractivity contribution in [2.45, 2.75) is 20.4 Å². The molecule has 0 spiro atoms. The van der Waals surface area contributed by atoms with E-state index in [1.807, 2.05) is 19.2 Å². The SMILES string of the molecule is Cc1cc(C)cc(N(C)Cc2cccc(C(=O)NN)n2)c1. The highest BCUT2D eigenvalue weighted by Crippen LogP contribution is 2.19. The van der Waals surface area contributed by atoms with Gasteiger partial charge >= 0.3 is 0 Å².